The van der Waals surface area contributed by atoms with E-state index in [4.69, 9.17) is 9.73 Å². The van der Waals surface area contributed by atoms with Gasteiger partial charge in [0.2, 0.25) is 0 Å². The second-order valence-electron chi connectivity index (χ2n) is 9.29. The summed E-state index contributed by atoms with van der Waals surface area (Å²) >= 11 is 3.70. The highest BCUT2D eigenvalue weighted by atomic mass is 127. The van der Waals surface area contributed by atoms with Crippen LogP contribution in [-0.4, -0.2) is 22.2 Å². The molecule has 0 saturated heterocycles. The van der Waals surface area contributed by atoms with E-state index in [-0.39, 0.29) is 5.56 Å². The molecule has 4 aromatic rings. The molecule has 3 heterocycles. The van der Waals surface area contributed by atoms with Gasteiger partial charge in [-0.1, -0.05) is 48.6 Å². The van der Waals surface area contributed by atoms with E-state index in [0.717, 1.165) is 28.2 Å². The maximum Gasteiger partial charge on any atom is 0.338 e. The van der Waals surface area contributed by atoms with Crippen molar-refractivity contribution in [2.75, 3.05) is 7.11 Å². The van der Waals surface area contributed by atoms with Crippen LogP contribution >= 0.6 is 33.9 Å². The maximum absolute atomic E-state index is 13.9. The second-order valence-corrected chi connectivity index (χ2v) is 11.5. The number of thiazole rings is 1. The predicted octanol–water partition coefficient (Wildman–Crippen LogP) is 5.12. The van der Waals surface area contributed by atoms with Gasteiger partial charge in [-0.05, 0) is 96.8 Å². The Labute approximate surface area is 238 Å². The molecule has 0 fully saturated rings. The summed E-state index contributed by atoms with van der Waals surface area (Å²) in [5, 5.41) is 0. The van der Waals surface area contributed by atoms with Crippen LogP contribution in [0, 0.1) is 24.3 Å². The molecule has 1 atom stereocenters. The number of carbonyl (C=O) groups is 1. The molecule has 1 aliphatic heterocycles. The van der Waals surface area contributed by atoms with Crippen LogP contribution in [0.4, 0.5) is 0 Å². The summed E-state index contributed by atoms with van der Waals surface area (Å²) in [6.07, 6.45) is 2.49. The van der Waals surface area contributed by atoms with Gasteiger partial charge in [-0.2, -0.15) is 0 Å². The largest absolute Gasteiger partial charge is 0.466 e. The lowest BCUT2D eigenvalue weighted by molar-refractivity contribution is -0.136. The first-order chi connectivity index (χ1) is 18.2. The van der Waals surface area contributed by atoms with E-state index in [1.165, 1.54) is 27.6 Å². The fourth-order valence-corrected chi connectivity index (χ4v) is 6.40. The molecule has 0 radical (unpaired) electrons. The molecule has 194 valence electrons. The number of rotatable bonds is 5. The fraction of sp³-hybridized carbons (Fsp3) is 0.233. The Balaban J connectivity index is 1.71. The van der Waals surface area contributed by atoms with Crippen molar-refractivity contribution >= 4 is 46.0 Å². The molecule has 0 amide bonds. The second kappa shape index (κ2) is 10.5. The van der Waals surface area contributed by atoms with Gasteiger partial charge in [0.05, 0.1) is 29.0 Å². The van der Waals surface area contributed by atoms with Crippen LogP contribution in [0.5, 0.6) is 0 Å². The molecule has 0 aliphatic carbocycles. The van der Waals surface area contributed by atoms with Crippen molar-refractivity contribution in [2.24, 2.45) is 4.99 Å². The molecule has 0 bridgehead atoms. The number of fused-ring (bicyclic) bond motifs is 1. The molecule has 0 spiro atoms. The third-order valence-electron chi connectivity index (χ3n) is 6.92. The van der Waals surface area contributed by atoms with Crippen LogP contribution in [0.3, 0.4) is 0 Å². The Morgan fingerprint density at radius 2 is 1.87 bits per heavy atom. The number of allylic oxidation sites excluding steroid dienone is 1. The van der Waals surface area contributed by atoms with Crippen LogP contribution < -0.4 is 14.9 Å². The summed E-state index contributed by atoms with van der Waals surface area (Å²) in [5.41, 5.74) is 7.16. The van der Waals surface area contributed by atoms with E-state index in [1.807, 2.05) is 43.3 Å². The summed E-state index contributed by atoms with van der Waals surface area (Å²) in [6, 6.07) is 17.5. The zero-order chi connectivity index (χ0) is 27.1. The summed E-state index contributed by atoms with van der Waals surface area (Å²) in [6.45, 7) is 8.21. The standard InChI is InChI=1S/C30H28IN3O3S/c1-6-24-26(29(36)37-5)27(20-10-8-7-9-11-20)34-28(35)25(38-30(34)32-24)16-21-15-18(3)33(19(21)4)22-12-13-23(31)17(2)14-22/h7-16,27H,6H2,1-5H3/b25-16+/t27-/m1/s1. The molecule has 0 N–H and O–H groups in total. The molecule has 5 rings (SSSR count). The van der Waals surface area contributed by atoms with E-state index < -0.39 is 12.0 Å². The minimum absolute atomic E-state index is 0.172. The molecule has 38 heavy (non-hydrogen) atoms. The Bertz CT molecular complexity index is 1780. The lowest BCUT2D eigenvalue weighted by Crippen LogP contribution is -2.40. The Kier molecular flexibility index (Phi) is 7.28. The third kappa shape index (κ3) is 4.49. The quantitative estimate of drug-likeness (QED) is 0.226. The van der Waals surface area contributed by atoms with Crippen molar-refractivity contribution in [2.45, 2.75) is 40.2 Å². The smallest absolute Gasteiger partial charge is 0.338 e. The van der Waals surface area contributed by atoms with Crippen LogP contribution in [-0.2, 0) is 9.53 Å². The normalized spacial score (nSPS) is 15.4. The van der Waals surface area contributed by atoms with Gasteiger partial charge in [0, 0.05) is 20.6 Å². The van der Waals surface area contributed by atoms with Crippen molar-refractivity contribution in [3.63, 3.8) is 0 Å². The molecule has 0 unspecified atom stereocenters. The van der Waals surface area contributed by atoms with Crippen molar-refractivity contribution < 1.29 is 9.53 Å². The van der Waals surface area contributed by atoms with E-state index in [0.29, 0.717) is 27.0 Å². The molecular weight excluding hydrogens is 609 g/mol. The third-order valence-corrected chi connectivity index (χ3v) is 9.12. The summed E-state index contributed by atoms with van der Waals surface area (Å²) in [4.78, 5) is 32.2. The molecule has 8 heteroatoms. The maximum atomic E-state index is 13.9. The number of ether oxygens (including phenoxy) is 1. The molecule has 1 aliphatic rings. The summed E-state index contributed by atoms with van der Waals surface area (Å²) in [7, 11) is 1.36. The van der Waals surface area contributed by atoms with Gasteiger partial charge in [-0.25, -0.2) is 9.79 Å². The Morgan fingerprint density at radius 1 is 1.13 bits per heavy atom. The first kappa shape index (κ1) is 26.4. The number of aryl methyl sites for hydroxylation is 2. The topological polar surface area (TPSA) is 65.6 Å². The fourth-order valence-electron chi connectivity index (χ4n) is 5.06. The predicted molar refractivity (Wildman–Crippen MR) is 160 cm³/mol. The molecule has 2 aromatic heterocycles. The average molecular weight is 638 g/mol. The average Bonchev–Trinajstić information content (AvgIpc) is 3.38. The highest BCUT2D eigenvalue weighted by molar-refractivity contribution is 14.1. The Hall–Kier alpha value is -3.24. The van der Waals surface area contributed by atoms with Crippen molar-refractivity contribution in [1.29, 1.82) is 0 Å². The van der Waals surface area contributed by atoms with Crippen molar-refractivity contribution in [3.05, 3.63) is 117 Å². The number of hydrogen-bond acceptors (Lipinski definition) is 5. The van der Waals surface area contributed by atoms with Crippen LogP contribution in [0.2, 0.25) is 0 Å². The minimum atomic E-state index is -0.598. The minimum Gasteiger partial charge on any atom is -0.466 e. The Morgan fingerprint density at radius 3 is 2.53 bits per heavy atom. The van der Waals surface area contributed by atoms with Gasteiger partial charge >= 0.3 is 5.97 Å². The van der Waals surface area contributed by atoms with Crippen LogP contribution in [0.1, 0.15) is 47.5 Å². The lowest BCUT2D eigenvalue weighted by Gasteiger charge is -2.25. The summed E-state index contributed by atoms with van der Waals surface area (Å²) in [5.74, 6) is -0.468. The monoisotopic (exact) mass is 637 g/mol. The summed E-state index contributed by atoms with van der Waals surface area (Å²) < 4.78 is 10.8. The van der Waals surface area contributed by atoms with Crippen LogP contribution in [0.15, 0.2) is 75.7 Å². The molecule has 0 saturated carbocycles. The number of halogens is 1. The number of carbonyl (C=O) groups excluding carboxylic acids is 1. The number of aromatic nitrogens is 2. The van der Waals surface area contributed by atoms with E-state index in [1.54, 1.807) is 4.57 Å². The zero-order valence-corrected chi connectivity index (χ0v) is 24.9. The van der Waals surface area contributed by atoms with Crippen molar-refractivity contribution in [1.82, 2.24) is 9.13 Å². The van der Waals surface area contributed by atoms with Gasteiger partial charge in [0.1, 0.15) is 0 Å². The lowest BCUT2D eigenvalue weighted by atomic mass is 9.95. The van der Waals surface area contributed by atoms with Gasteiger partial charge in [-0.15, -0.1) is 0 Å². The number of nitrogens with zero attached hydrogens (tertiary/aromatic N) is 3. The SMILES string of the molecule is CCC1=C(C(=O)OC)[C@@H](c2ccccc2)n2c(s/c(=C/c3cc(C)n(-c4ccc(I)c(C)c4)c3C)c2=O)=N1. The number of esters is 1. The van der Waals surface area contributed by atoms with E-state index in [2.05, 4.69) is 72.2 Å². The van der Waals surface area contributed by atoms with Gasteiger partial charge in [0.15, 0.2) is 4.80 Å². The highest BCUT2D eigenvalue weighted by Crippen LogP contribution is 2.31. The van der Waals surface area contributed by atoms with Crippen molar-refractivity contribution in [3.8, 4) is 5.69 Å². The number of hydrogen-bond donors (Lipinski definition) is 0. The van der Waals surface area contributed by atoms with E-state index >= 15 is 0 Å². The zero-order valence-electron chi connectivity index (χ0n) is 21.9. The number of methoxy groups -OCH3 is 1. The van der Waals surface area contributed by atoms with Gasteiger partial charge in [0.25, 0.3) is 5.56 Å². The highest BCUT2D eigenvalue weighted by Gasteiger charge is 2.33. The molecule has 2 aromatic carbocycles. The van der Waals surface area contributed by atoms with E-state index in [9.17, 15) is 9.59 Å². The first-order valence-electron chi connectivity index (χ1n) is 12.4. The van der Waals surface area contributed by atoms with Crippen LogP contribution in [0.25, 0.3) is 11.8 Å². The first-order valence-corrected chi connectivity index (χ1v) is 14.3. The van der Waals surface area contributed by atoms with Gasteiger partial charge < -0.3 is 9.30 Å². The van der Waals surface area contributed by atoms with Gasteiger partial charge in [-0.3, -0.25) is 9.36 Å². The molecular formula is C30H28IN3O3S. The molecule has 6 nitrogen and oxygen atoms in total. The number of benzene rings is 2.